The lowest BCUT2D eigenvalue weighted by atomic mass is 10.1. The van der Waals surface area contributed by atoms with Crippen LogP contribution in [-0.2, 0) is 6.54 Å². The lowest BCUT2D eigenvalue weighted by Gasteiger charge is -2.11. The summed E-state index contributed by atoms with van der Waals surface area (Å²) >= 11 is 0. The van der Waals surface area contributed by atoms with Crippen LogP contribution in [-0.4, -0.2) is 22.9 Å². The summed E-state index contributed by atoms with van der Waals surface area (Å²) in [5, 5.41) is 8.11. The van der Waals surface area contributed by atoms with Gasteiger partial charge in [0.2, 0.25) is 0 Å². The van der Waals surface area contributed by atoms with Gasteiger partial charge in [-0.15, -0.1) is 0 Å². The maximum absolute atomic E-state index is 5.23. The van der Waals surface area contributed by atoms with E-state index in [0.717, 1.165) is 18.0 Å². The van der Waals surface area contributed by atoms with E-state index in [9.17, 15) is 0 Å². The number of methoxy groups -OCH3 is 1. The monoisotopic (exact) mass is 285 g/mol. The van der Waals surface area contributed by atoms with Crippen molar-refractivity contribution in [3.63, 3.8) is 0 Å². The van der Waals surface area contributed by atoms with Crippen molar-refractivity contribution >= 4 is 0 Å². The Bertz CT molecular complexity index is 597. The molecule has 4 nitrogen and oxygen atoms in total. The molecule has 0 radical (unpaired) electrons. The standard InChI is InChI=1S/C17H23N3O/c1-12(2)18-10-14-11-19-20(17(14)13-4-5-13)15-6-8-16(21-3)9-7-15/h6-9,11-13,18H,4-5,10H2,1-3H3. The van der Waals surface area contributed by atoms with Gasteiger partial charge in [0.15, 0.2) is 0 Å². The molecule has 0 unspecified atom stereocenters. The molecule has 0 amide bonds. The van der Waals surface area contributed by atoms with Crippen LogP contribution in [0.2, 0.25) is 0 Å². The molecule has 1 aliphatic rings. The first-order chi connectivity index (χ1) is 10.2. The first kappa shape index (κ1) is 14.1. The Hall–Kier alpha value is -1.81. The van der Waals surface area contributed by atoms with Gasteiger partial charge in [0.25, 0.3) is 0 Å². The molecule has 1 saturated carbocycles. The van der Waals surface area contributed by atoms with Gasteiger partial charge in [-0.25, -0.2) is 4.68 Å². The molecule has 0 spiro atoms. The van der Waals surface area contributed by atoms with Crippen molar-refractivity contribution in [3.8, 4) is 11.4 Å². The molecule has 3 rings (SSSR count). The van der Waals surface area contributed by atoms with Crippen LogP contribution in [0, 0.1) is 0 Å². The summed E-state index contributed by atoms with van der Waals surface area (Å²) in [6.45, 7) is 5.23. The molecule has 2 aromatic rings. The fourth-order valence-corrected chi connectivity index (χ4v) is 2.56. The second-order valence-corrected chi connectivity index (χ2v) is 5.97. The Morgan fingerprint density at radius 2 is 2.00 bits per heavy atom. The van der Waals surface area contributed by atoms with E-state index in [1.807, 2.05) is 18.3 Å². The lowest BCUT2D eigenvalue weighted by molar-refractivity contribution is 0.414. The van der Waals surface area contributed by atoms with Gasteiger partial charge in [0.1, 0.15) is 5.75 Å². The maximum Gasteiger partial charge on any atom is 0.119 e. The van der Waals surface area contributed by atoms with Crippen molar-refractivity contribution in [2.75, 3.05) is 7.11 Å². The van der Waals surface area contributed by atoms with Crippen molar-refractivity contribution in [2.24, 2.45) is 0 Å². The highest BCUT2D eigenvalue weighted by molar-refractivity contribution is 5.41. The molecule has 0 bridgehead atoms. The summed E-state index contributed by atoms with van der Waals surface area (Å²) in [5.41, 5.74) is 3.80. The molecule has 21 heavy (non-hydrogen) atoms. The van der Waals surface area contributed by atoms with Crippen LogP contribution >= 0.6 is 0 Å². The summed E-state index contributed by atoms with van der Waals surface area (Å²) in [6, 6.07) is 8.59. The number of aromatic nitrogens is 2. The Kier molecular flexibility index (Phi) is 3.97. The third-order valence-electron chi connectivity index (χ3n) is 3.87. The van der Waals surface area contributed by atoms with Crippen LogP contribution in [0.25, 0.3) is 5.69 Å². The van der Waals surface area contributed by atoms with Crippen molar-refractivity contribution < 1.29 is 4.74 Å². The highest BCUT2D eigenvalue weighted by Crippen LogP contribution is 2.42. The third-order valence-corrected chi connectivity index (χ3v) is 3.87. The second-order valence-electron chi connectivity index (χ2n) is 5.97. The molecule has 1 aliphatic carbocycles. The van der Waals surface area contributed by atoms with Crippen LogP contribution in [0.5, 0.6) is 5.75 Å². The topological polar surface area (TPSA) is 39.1 Å². The molecule has 1 heterocycles. The highest BCUT2D eigenvalue weighted by atomic mass is 16.5. The average molecular weight is 285 g/mol. The molecule has 0 aliphatic heterocycles. The molecule has 0 atom stereocenters. The van der Waals surface area contributed by atoms with E-state index in [1.165, 1.54) is 24.1 Å². The SMILES string of the molecule is COc1ccc(-n2ncc(CNC(C)C)c2C2CC2)cc1. The number of benzene rings is 1. The van der Waals surface area contributed by atoms with E-state index < -0.39 is 0 Å². The fourth-order valence-electron chi connectivity index (χ4n) is 2.56. The molecule has 4 heteroatoms. The van der Waals surface area contributed by atoms with E-state index in [1.54, 1.807) is 7.11 Å². The molecule has 1 fully saturated rings. The van der Waals surface area contributed by atoms with E-state index in [2.05, 4.69) is 41.1 Å². The Balaban J connectivity index is 1.90. The van der Waals surface area contributed by atoms with Gasteiger partial charge in [0, 0.05) is 24.1 Å². The zero-order valence-corrected chi connectivity index (χ0v) is 13.0. The quantitative estimate of drug-likeness (QED) is 0.885. The molecule has 0 saturated heterocycles. The molecular weight excluding hydrogens is 262 g/mol. The summed E-state index contributed by atoms with van der Waals surface area (Å²) in [6.07, 6.45) is 4.56. The van der Waals surface area contributed by atoms with Crippen molar-refractivity contribution in [1.29, 1.82) is 0 Å². The van der Waals surface area contributed by atoms with Gasteiger partial charge in [-0.1, -0.05) is 13.8 Å². The fraction of sp³-hybridized carbons (Fsp3) is 0.471. The summed E-state index contributed by atoms with van der Waals surface area (Å²) < 4.78 is 7.32. The average Bonchev–Trinajstić information content (AvgIpc) is 3.25. The third kappa shape index (κ3) is 3.10. The van der Waals surface area contributed by atoms with E-state index in [4.69, 9.17) is 4.74 Å². The normalized spacial score (nSPS) is 14.7. The summed E-state index contributed by atoms with van der Waals surface area (Å²) in [4.78, 5) is 0. The maximum atomic E-state index is 5.23. The van der Waals surface area contributed by atoms with Crippen LogP contribution in [0.15, 0.2) is 30.5 Å². The predicted molar refractivity (Wildman–Crippen MR) is 84.1 cm³/mol. The second kappa shape index (κ2) is 5.90. The minimum absolute atomic E-state index is 0.487. The first-order valence-corrected chi connectivity index (χ1v) is 7.63. The smallest absolute Gasteiger partial charge is 0.119 e. The van der Waals surface area contributed by atoms with E-state index >= 15 is 0 Å². The van der Waals surface area contributed by atoms with Crippen molar-refractivity contribution in [2.45, 2.75) is 45.2 Å². The van der Waals surface area contributed by atoms with Crippen LogP contribution in [0.4, 0.5) is 0 Å². The number of nitrogens with zero attached hydrogens (tertiary/aromatic N) is 2. The highest BCUT2D eigenvalue weighted by Gasteiger charge is 2.30. The van der Waals surface area contributed by atoms with Gasteiger partial charge in [-0.3, -0.25) is 0 Å². The van der Waals surface area contributed by atoms with Gasteiger partial charge < -0.3 is 10.1 Å². The van der Waals surface area contributed by atoms with Gasteiger partial charge in [0.05, 0.1) is 24.7 Å². The lowest BCUT2D eigenvalue weighted by Crippen LogP contribution is -2.22. The Labute approximate surface area is 126 Å². The summed E-state index contributed by atoms with van der Waals surface area (Å²) in [5.74, 6) is 1.54. The van der Waals surface area contributed by atoms with Crippen LogP contribution < -0.4 is 10.1 Å². The number of nitrogens with one attached hydrogen (secondary N) is 1. The van der Waals surface area contributed by atoms with Crippen molar-refractivity contribution in [1.82, 2.24) is 15.1 Å². The van der Waals surface area contributed by atoms with E-state index in [-0.39, 0.29) is 0 Å². The molecule has 1 aromatic carbocycles. The van der Waals surface area contributed by atoms with Gasteiger partial charge >= 0.3 is 0 Å². The first-order valence-electron chi connectivity index (χ1n) is 7.63. The minimum Gasteiger partial charge on any atom is -0.497 e. The van der Waals surface area contributed by atoms with Gasteiger partial charge in [-0.05, 0) is 37.1 Å². The molecular formula is C17H23N3O. The summed E-state index contributed by atoms with van der Waals surface area (Å²) in [7, 11) is 1.69. The number of ether oxygens (including phenoxy) is 1. The van der Waals surface area contributed by atoms with E-state index in [0.29, 0.717) is 12.0 Å². The van der Waals surface area contributed by atoms with Crippen LogP contribution in [0.1, 0.15) is 43.9 Å². The van der Waals surface area contributed by atoms with Crippen molar-refractivity contribution in [3.05, 3.63) is 41.7 Å². The van der Waals surface area contributed by atoms with Gasteiger partial charge in [-0.2, -0.15) is 5.10 Å². The molecule has 112 valence electrons. The Morgan fingerprint density at radius 1 is 1.29 bits per heavy atom. The largest absolute Gasteiger partial charge is 0.497 e. The number of rotatable bonds is 6. The predicted octanol–water partition coefficient (Wildman–Crippen LogP) is 3.26. The molecule has 1 N–H and O–H groups in total. The molecule has 1 aromatic heterocycles. The van der Waals surface area contributed by atoms with Crippen LogP contribution in [0.3, 0.4) is 0 Å². The zero-order chi connectivity index (χ0) is 14.8. The Morgan fingerprint density at radius 3 is 2.57 bits per heavy atom. The minimum atomic E-state index is 0.487. The number of hydrogen-bond donors (Lipinski definition) is 1. The number of hydrogen-bond acceptors (Lipinski definition) is 3. The zero-order valence-electron chi connectivity index (χ0n) is 13.0.